The molecule has 1 fully saturated rings. The number of piperidine rings is 1. The molecular formula is C12H13ClFNO5S. The number of β-amino-alcohol motifs (C(OH)–C–C–N with tert-alkyl or cyclic N) is 1. The molecule has 0 aromatic heterocycles. The van der Waals surface area contributed by atoms with Gasteiger partial charge in [-0.05, 0) is 25.0 Å². The van der Waals surface area contributed by atoms with E-state index in [1.54, 1.807) is 0 Å². The van der Waals surface area contributed by atoms with Crippen molar-refractivity contribution in [2.45, 2.75) is 23.8 Å². The first-order chi connectivity index (χ1) is 9.73. The minimum atomic E-state index is -4.25. The van der Waals surface area contributed by atoms with Crippen molar-refractivity contribution in [1.82, 2.24) is 4.31 Å². The maximum atomic E-state index is 14.1. The molecule has 0 spiro atoms. The number of sulfonamides is 1. The number of halogens is 2. The van der Waals surface area contributed by atoms with Gasteiger partial charge >= 0.3 is 5.97 Å². The standard InChI is InChI=1S/C12H13ClFNO5S/c13-7-4-9(12(17)18)11(14)10(5-7)21(19,20)15-3-1-2-8(16)6-15/h4-5,8,16H,1-3,6H2,(H,17,18). The van der Waals surface area contributed by atoms with Crippen LogP contribution in [0.2, 0.25) is 5.02 Å². The third-order valence-corrected chi connectivity index (χ3v) is 5.29. The van der Waals surface area contributed by atoms with Crippen LogP contribution in [0.25, 0.3) is 0 Å². The lowest BCUT2D eigenvalue weighted by Gasteiger charge is -2.29. The van der Waals surface area contributed by atoms with Crippen molar-refractivity contribution in [2.75, 3.05) is 13.1 Å². The number of benzene rings is 1. The van der Waals surface area contributed by atoms with E-state index < -0.39 is 38.4 Å². The second-order valence-corrected chi connectivity index (χ2v) is 7.07. The summed E-state index contributed by atoms with van der Waals surface area (Å²) in [5.74, 6) is -2.96. The van der Waals surface area contributed by atoms with Gasteiger partial charge in [0.2, 0.25) is 10.0 Å². The minimum Gasteiger partial charge on any atom is -0.478 e. The lowest BCUT2D eigenvalue weighted by molar-refractivity contribution is 0.0691. The Morgan fingerprint density at radius 3 is 2.67 bits per heavy atom. The Morgan fingerprint density at radius 1 is 1.43 bits per heavy atom. The lowest BCUT2D eigenvalue weighted by Crippen LogP contribution is -2.42. The van der Waals surface area contributed by atoms with Crippen LogP contribution in [0.15, 0.2) is 17.0 Å². The van der Waals surface area contributed by atoms with Gasteiger partial charge in [-0.25, -0.2) is 17.6 Å². The van der Waals surface area contributed by atoms with E-state index in [2.05, 4.69) is 0 Å². The fraction of sp³-hybridized carbons (Fsp3) is 0.417. The van der Waals surface area contributed by atoms with Gasteiger partial charge in [0.05, 0.1) is 11.7 Å². The highest BCUT2D eigenvalue weighted by atomic mass is 35.5. The van der Waals surface area contributed by atoms with Gasteiger partial charge in [-0.1, -0.05) is 11.6 Å². The summed E-state index contributed by atoms with van der Waals surface area (Å²) in [4.78, 5) is 10.1. The van der Waals surface area contributed by atoms with Crippen LogP contribution in [-0.2, 0) is 10.0 Å². The Hall–Kier alpha value is -1.22. The third kappa shape index (κ3) is 3.18. The maximum absolute atomic E-state index is 14.1. The number of carboxylic acid groups (broad SMARTS) is 1. The van der Waals surface area contributed by atoms with E-state index >= 15 is 0 Å². The predicted octanol–water partition coefficient (Wildman–Crippen LogP) is 1.32. The van der Waals surface area contributed by atoms with E-state index in [0.29, 0.717) is 12.8 Å². The van der Waals surface area contributed by atoms with Gasteiger partial charge in [0.1, 0.15) is 4.90 Å². The average Bonchev–Trinajstić information content (AvgIpc) is 2.40. The largest absolute Gasteiger partial charge is 0.478 e. The summed E-state index contributed by atoms with van der Waals surface area (Å²) >= 11 is 5.68. The number of aliphatic hydroxyl groups is 1. The fourth-order valence-corrected chi connectivity index (χ4v) is 4.10. The van der Waals surface area contributed by atoms with E-state index in [1.165, 1.54) is 0 Å². The van der Waals surface area contributed by atoms with Crippen molar-refractivity contribution in [3.63, 3.8) is 0 Å². The molecule has 0 aliphatic carbocycles. The molecule has 2 rings (SSSR count). The Labute approximate surface area is 125 Å². The summed E-state index contributed by atoms with van der Waals surface area (Å²) in [6, 6.07) is 1.73. The van der Waals surface area contributed by atoms with Crippen molar-refractivity contribution < 1.29 is 27.8 Å². The van der Waals surface area contributed by atoms with Gasteiger partial charge in [-0.3, -0.25) is 0 Å². The van der Waals surface area contributed by atoms with Gasteiger partial charge in [0.15, 0.2) is 5.82 Å². The monoisotopic (exact) mass is 337 g/mol. The second-order valence-electron chi connectivity index (χ2n) is 4.73. The van der Waals surface area contributed by atoms with E-state index in [4.69, 9.17) is 16.7 Å². The number of carbonyl (C=O) groups is 1. The topological polar surface area (TPSA) is 94.9 Å². The van der Waals surface area contributed by atoms with Crippen LogP contribution in [0.4, 0.5) is 4.39 Å². The molecule has 0 amide bonds. The Kier molecular flexibility index (Phi) is 4.52. The minimum absolute atomic E-state index is 0.133. The molecule has 6 nitrogen and oxygen atoms in total. The normalized spacial score (nSPS) is 20.4. The van der Waals surface area contributed by atoms with Gasteiger partial charge in [-0.15, -0.1) is 0 Å². The van der Waals surface area contributed by atoms with Crippen LogP contribution < -0.4 is 0 Å². The van der Waals surface area contributed by atoms with Crippen molar-refractivity contribution in [2.24, 2.45) is 0 Å². The zero-order valence-electron chi connectivity index (χ0n) is 10.8. The molecule has 116 valence electrons. The fourth-order valence-electron chi connectivity index (χ4n) is 2.19. The van der Waals surface area contributed by atoms with Crippen LogP contribution in [0, 0.1) is 5.82 Å². The molecule has 0 saturated carbocycles. The first-order valence-corrected chi connectivity index (χ1v) is 7.96. The number of hydrogen-bond acceptors (Lipinski definition) is 4. The number of hydrogen-bond donors (Lipinski definition) is 2. The van der Waals surface area contributed by atoms with Gasteiger partial charge in [-0.2, -0.15) is 4.31 Å². The summed E-state index contributed by atoms with van der Waals surface area (Å²) < 4.78 is 39.9. The van der Waals surface area contributed by atoms with Crippen LogP contribution in [0.3, 0.4) is 0 Å². The molecule has 1 aromatic rings. The Balaban J connectivity index is 2.52. The molecular weight excluding hydrogens is 325 g/mol. The highest BCUT2D eigenvalue weighted by Gasteiger charge is 2.33. The second kappa shape index (κ2) is 5.88. The number of rotatable bonds is 3. The Bertz CT molecular complexity index is 678. The van der Waals surface area contributed by atoms with Gasteiger partial charge in [0, 0.05) is 18.1 Å². The van der Waals surface area contributed by atoms with E-state index in [-0.39, 0.29) is 18.1 Å². The van der Waals surface area contributed by atoms with Crippen molar-refractivity contribution in [3.8, 4) is 0 Å². The molecule has 1 aromatic carbocycles. The highest BCUT2D eigenvalue weighted by molar-refractivity contribution is 7.89. The van der Waals surface area contributed by atoms with Crippen molar-refractivity contribution >= 4 is 27.6 Å². The SMILES string of the molecule is O=C(O)c1cc(Cl)cc(S(=O)(=O)N2CCCC(O)C2)c1F. The molecule has 9 heteroatoms. The highest BCUT2D eigenvalue weighted by Crippen LogP contribution is 2.28. The molecule has 2 N–H and O–H groups in total. The first-order valence-electron chi connectivity index (χ1n) is 6.14. The van der Waals surface area contributed by atoms with E-state index in [1.807, 2.05) is 0 Å². The molecule has 1 saturated heterocycles. The number of carboxylic acids is 1. The predicted molar refractivity (Wildman–Crippen MR) is 72.4 cm³/mol. The van der Waals surface area contributed by atoms with Crippen LogP contribution in [0.1, 0.15) is 23.2 Å². The zero-order chi connectivity index (χ0) is 15.8. The third-order valence-electron chi connectivity index (χ3n) is 3.21. The summed E-state index contributed by atoms with van der Waals surface area (Å²) in [5.41, 5.74) is -0.807. The molecule has 0 radical (unpaired) electrons. The van der Waals surface area contributed by atoms with Crippen LogP contribution in [-0.4, -0.2) is 48.1 Å². The molecule has 1 atom stereocenters. The maximum Gasteiger partial charge on any atom is 0.338 e. The molecule has 0 bridgehead atoms. The number of aliphatic hydroxyl groups excluding tert-OH is 1. The Morgan fingerprint density at radius 2 is 2.10 bits per heavy atom. The van der Waals surface area contributed by atoms with E-state index in [0.717, 1.165) is 16.4 Å². The van der Waals surface area contributed by atoms with E-state index in [9.17, 15) is 22.7 Å². The molecule has 1 aliphatic heterocycles. The smallest absolute Gasteiger partial charge is 0.338 e. The summed E-state index contributed by atoms with van der Waals surface area (Å²) in [5, 5.41) is 18.2. The van der Waals surface area contributed by atoms with Crippen molar-refractivity contribution in [1.29, 1.82) is 0 Å². The molecule has 1 aliphatic rings. The molecule has 21 heavy (non-hydrogen) atoms. The number of aromatic carboxylic acids is 1. The average molecular weight is 338 g/mol. The summed E-state index contributed by atoms with van der Waals surface area (Å²) in [6.45, 7) is -0.0234. The van der Waals surface area contributed by atoms with Gasteiger partial charge < -0.3 is 10.2 Å². The van der Waals surface area contributed by atoms with Crippen molar-refractivity contribution in [3.05, 3.63) is 28.5 Å². The summed E-state index contributed by atoms with van der Waals surface area (Å²) in [7, 11) is -4.25. The summed E-state index contributed by atoms with van der Waals surface area (Å²) in [6.07, 6.45) is 0.0772. The molecule has 1 heterocycles. The van der Waals surface area contributed by atoms with Crippen LogP contribution >= 0.6 is 11.6 Å². The zero-order valence-corrected chi connectivity index (χ0v) is 12.4. The quantitative estimate of drug-likeness (QED) is 0.867. The van der Waals surface area contributed by atoms with Crippen LogP contribution in [0.5, 0.6) is 0 Å². The first kappa shape index (κ1) is 16.2. The lowest BCUT2D eigenvalue weighted by atomic mass is 10.1. The van der Waals surface area contributed by atoms with Gasteiger partial charge in [0.25, 0.3) is 0 Å². The molecule has 1 unspecified atom stereocenters. The number of nitrogens with zero attached hydrogens (tertiary/aromatic N) is 1.